The fourth-order valence-corrected chi connectivity index (χ4v) is 2.58. The van der Waals surface area contributed by atoms with Gasteiger partial charge < -0.3 is 14.6 Å². The molecule has 0 atom stereocenters. The van der Waals surface area contributed by atoms with E-state index in [2.05, 4.69) is 0 Å². The predicted molar refractivity (Wildman–Crippen MR) is 90.1 cm³/mol. The highest BCUT2D eigenvalue weighted by atomic mass is 16.5. The first-order valence-electron chi connectivity index (χ1n) is 7.51. The Bertz CT molecular complexity index is 909. The Morgan fingerprint density at radius 2 is 2.00 bits per heavy atom. The Morgan fingerprint density at radius 1 is 1.32 bits per heavy atom. The number of nitrogens with zero attached hydrogens (tertiary/aromatic N) is 2. The maximum Gasteiger partial charge on any atom is 0.271 e. The summed E-state index contributed by atoms with van der Waals surface area (Å²) in [5.41, 5.74) is -0.589. The zero-order chi connectivity index (χ0) is 18.6. The van der Waals surface area contributed by atoms with Crippen LogP contribution in [0.1, 0.15) is 27.0 Å². The van der Waals surface area contributed by atoms with E-state index in [0.29, 0.717) is 5.75 Å². The number of aromatic hydroxyl groups is 1. The van der Waals surface area contributed by atoms with Gasteiger partial charge in [0.1, 0.15) is 17.4 Å². The van der Waals surface area contributed by atoms with Crippen molar-refractivity contribution < 1.29 is 19.4 Å². The van der Waals surface area contributed by atoms with Gasteiger partial charge >= 0.3 is 0 Å². The van der Waals surface area contributed by atoms with E-state index in [1.165, 1.54) is 21.1 Å². The summed E-state index contributed by atoms with van der Waals surface area (Å²) in [5, 5.41) is 19.8. The molecule has 0 bridgehead atoms. The van der Waals surface area contributed by atoms with E-state index >= 15 is 0 Å². The van der Waals surface area contributed by atoms with Crippen LogP contribution in [0.2, 0.25) is 0 Å². The Hall–Kier alpha value is -3.11. The molecule has 0 aliphatic carbocycles. The summed E-state index contributed by atoms with van der Waals surface area (Å²) in [6.45, 7) is 1.62. The predicted octanol–water partition coefficient (Wildman–Crippen LogP) is 1.62. The third-order valence-electron chi connectivity index (χ3n) is 3.90. The summed E-state index contributed by atoms with van der Waals surface area (Å²) in [7, 11) is 2.88. The molecular formula is C18H18N2O5. The molecule has 7 nitrogen and oxygen atoms in total. The molecule has 130 valence electrons. The molecule has 0 amide bonds. The second-order valence-corrected chi connectivity index (χ2v) is 5.29. The van der Waals surface area contributed by atoms with Crippen LogP contribution in [0.25, 0.3) is 0 Å². The van der Waals surface area contributed by atoms with Gasteiger partial charge in [0.25, 0.3) is 5.56 Å². The highest BCUT2D eigenvalue weighted by Gasteiger charge is 2.26. The fourth-order valence-electron chi connectivity index (χ4n) is 2.58. The number of ether oxygens (including phenoxy) is 2. The Balaban J connectivity index is 2.74. The van der Waals surface area contributed by atoms with Crippen molar-refractivity contribution in [2.24, 2.45) is 0 Å². The molecule has 25 heavy (non-hydrogen) atoms. The van der Waals surface area contributed by atoms with Crippen molar-refractivity contribution in [1.82, 2.24) is 4.57 Å². The third-order valence-corrected chi connectivity index (χ3v) is 3.90. The van der Waals surface area contributed by atoms with Crippen LogP contribution in [0.3, 0.4) is 0 Å². The average molecular weight is 342 g/mol. The third kappa shape index (κ3) is 3.25. The average Bonchev–Trinajstić information content (AvgIpc) is 2.61. The van der Waals surface area contributed by atoms with E-state index in [4.69, 9.17) is 9.47 Å². The van der Waals surface area contributed by atoms with Gasteiger partial charge in [-0.05, 0) is 24.6 Å². The molecule has 1 aromatic heterocycles. The lowest BCUT2D eigenvalue weighted by Gasteiger charge is -2.16. The standard InChI is InChI=1S/C18H18N2O5/c1-11-13(10-19)17(22)20(8-9-24-2)18(23)15(11)16(21)12-6-4-5-7-14(12)25-3/h4-7,23H,8-9H2,1-3H3. The first kappa shape index (κ1) is 18.2. The Morgan fingerprint density at radius 3 is 2.60 bits per heavy atom. The molecular weight excluding hydrogens is 324 g/mol. The van der Waals surface area contributed by atoms with E-state index in [1.807, 2.05) is 6.07 Å². The largest absolute Gasteiger partial charge is 0.496 e. The topological polar surface area (TPSA) is 102 Å². The minimum atomic E-state index is -0.661. The summed E-state index contributed by atoms with van der Waals surface area (Å²) in [6, 6.07) is 8.36. The lowest BCUT2D eigenvalue weighted by Crippen LogP contribution is -2.28. The number of carbonyl (C=O) groups is 1. The molecule has 0 aliphatic rings. The maximum atomic E-state index is 13.0. The lowest BCUT2D eigenvalue weighted by molar-refractivity contribution is 0.103. The van der Waals surface area contributed by atoms with Crippen LogP contribution in [0, 0.1) is 18.3 Å². The Kier molecular flexibility index (Phi) is 5.57. The number of hydrogen-bond donors (Lipinski definition) is 1. The van der Waals surface area contributed by atoms with Crippen LogP contribution in [-0.2, 0) is 11.3 Å². The van der Waals surface area contributed by atoms with Crippen LogP contribution in [0.4, 0.5) is 0 Å². The number of para-hydroxylation sites is 1. The van der Waals surface area contributed by atoms with Gasteiger partial charge in [-0.25, -0.2) is 0 Å². The number of ketones is 1. The molecule has 1 aromatic carbocycles. The minimum absolute atomic E-state index is 0.0162. The molecule has 0 radical (unpaired) electrons. The maximum absolute atomic E-state index is 13.0. The van der Waals surface area contributed by atoms with Crippen molar-refractivity contribution in [2.75, 3.05) is 20.8 Å². The van der Waals surface area contributed by atoms with Crippen LogP contribution in [0.5, 0.6) is 11.6 Å². The van der Waals surface area contributed by atoms with Crippen LogP contribution >= 0.6 is 0 Å². The van der Waals surface area contributed by atoms with Crippen molar-refractivity contribution in [3.05, 3.63) is 56.9 Å². The van der Waals surface area contributed by atoms with E-state index < -0.39 is 17.2 Å². The molecule has 0 unspecified atom stereocenters. The summed E-state index contributed by atoms with van der Waals surface area (Å²) in [5.74, 6) is -0.691. The van der Waals surface area contributed by atoms with Crippen molar-refractivity contribution in [1.29, 1.82) is 5.26 Å². The molecule has 0 fully saturated rings. The van der Waals surface area contributed by atoms with E-state index in [0.717, 1.165) is 4.57 Å². The molecule has 1 N–H and O–H groups in total. The fraction of sp³-hybridized carbons (Fsp3) is 0.278. The monoisotopic (exact) mass is 342 g/mol. The van der Waals surface area contributed by atoms with Crippen molar-refractivity contribution >= 4 is 5.78 Å². The highest BCUT2D eigenvalue weighted by molar-refractivity contribution is 6.13. The van der Waals surface area contributed by atoms with Crippen LogP contribution < -0.4 is 10.3 Å². The smallest absolute Gasteiger partial charge is 0.271 e. The molecule has 0 aliphatic heterocycles. The molecule has 0 saturated carbocycles. The van der Waals surface area contributed by atoms with Gasteiger partial charge in [-0.3, -0.25) is 14.2 Å². The van der Waals surface area contributed by atoms with Gasteiger partial charge in [0.15, 0.2) is 0 Å². The zero-order valence-electron chi connectivity index (χ0n) is 14.2. The highest BCUT2D eigenvalue weighted by Crippen LogP contribution is 2.28. The molecule has 1 heterocycles. The number of hydrogen-bond acceptors (Lipinski definition) is 6. The lowest BCUT2D eigenvalue weighted by atomic mass is 9.96. The first-order chi connectivity index (χ1) is 12.0. The molecule has 2 rings (SSSR count). The summed E-state index contributed by atoms with van der Waals surface area (Å²) < 4.78 is 11.1. The summed E-state index contributed by atoms with van der Waals surface area (Å²) in [6.07, 6.45) is 0. The van der Waals surface area contributed by atoms with Crippen molar-refractivity contribution in [3.63, 3.8) is 0 Å². The summed E-state index contributed by atoms with van der Waals surface area (Å²) in [4.78, 5) is 25.3. The van der Waals surface area contributed by atoms with Crippen LogP contribution in [-0.4, -0.2) is 36.3 Å². The molecule has 0 spiro atoms. The number of rotatable bonds is 6. The zero-order valence-corrected chi connectivity index (χ0v) is 14.2. The first-order valence-corrected chi connectivity index (χ1v) is 7.51. The summed E-state index contributed by atoms with van der Waals surface area (Å²) >= 11 is 0. The number of carbonyl (C=O) groups excluding carboxylic acids is 1. The Labute approximate surface area is 144 Å². The van der Waals surface area contributed by atoms with Crippen LogP contribution in [0.15, 0.2) is 29.1 Å². The number of methoxy groups -OCH3 is 2. The van der Waals surface area contributed by atoms with Gasteiger partial charge in [-0.1, -0.05) is 12.1 Å². The number of pyridine rings is 1. The van der Waals surface area contributed by atoms with E-state index in [1.54, 1.807) is 24.3 Å². The second kappa shape index (κ2) is 7.64. The number of benzene rings is 1. The second-order valence-electron chi connectivity index (χ2n) is 5.29. The number of aromatic nitrogens is 1. The minimum Gasteiger partial charge on any atom is -0.496 e. The quantitative estimate of drug-likeness (QED) is 0.801. The van der Waals surface area contributed by atoms with Gasteiger partial charge in [0, 0.05) is 7.11 Å². The van der Waals surface area contributed by atoms with Gasteiger partial charge in [0.05, 0.1) is 31.4 Å². The van der Waals surface area contributed by atoms with Crippen molar-refractivity contribution in [2.45, 2.75) is 13.5 Å². The molecule has 2 aromatic rings. The molecule has 7 heteroatoms. The normalized spacial score (nSPS) is 10.3. The SMILES string of the molecule is COCCn1c(O)c(C(=O)c2ccccc2OC)c(C)c(C#N)c1=O. The van der Waals surface area contributed by atoms with E-state index in [-0.39, 0.29) is 35.4 Å². The number of nitriles is 1. The van der Waals surface area contributed by atoms with Crippen molar-refractivity contribution in [3.8, 4) is 17.7 Å². The van der Waals surface area contributed by atoms with Gasteiger partial charge in [0.2, 0.25) is 11.7 Å². The van der Waals surface area contributed by atoms with Gasteiger partial charge in [-0.15, -0.1) is 0 Å². The van der Waals surface area contributed by atoms with Gasteiger partial charge in [-0.2, -0.15) is 5.26 Å². The van der Waals surface area contributed by atoms with E-state index in [9.17, 15) is 20.0 Å². The molecule has 0 saturated heterocycles.